The van der Waals surface area contributed by atoms with Crippen molar-refractivity contribution in [3.63, 3.8) is 0 Å². The van der Waals surface area contributed by atoms with Gasteiger partial charge in [-0.1, -0.05) is 24.3 Å². The number of imidazole rings is 1. The number of rotatable bonds is 7. The monoisotopic (exact) mass is 441 g/mol. The SMILES string of the molecule is CC(C(=O)N(C)CC1(NC(=O)[C@@H]2C[C@H]2c2cccc(C#N)c2)CC1)n1cnc2ccccc21. The van der Waals surface area contributed by atoms with Crippen molar-refractivity contribution in [3.8, 4) is 6.07 Å². The van der Waals surface area contributed by atoms with E-state index in [4.69, 9.17) is 5.26 Å². The molecule has 2 amide bonds. The number of likely N-dealkylation sites (N-methyl/N-ethyl adjacent to an activating group) is 1. The highest BCUT2D eigenvalue weighted by Gasteiger charge is 2.51. The van der Waals surface area contributed by atoms with Gasteiger partial charge in [-0.05, 0) is 61.9 Å². The molecule has 0 spiro atoms. The predicted molar refractivity (Wildman–Crippen MR) is 124 cm³/mol. The lowest BCUT2D eigenvalue weighted by Crippen LogP contribution is -2.48. The van der Waals surface area contributed by atoms with Gasteiger partial charge in [0.05, 0.1) is 34.5 Å². The van der Waals surface area contributed by atoms with Gasteiger partial charge in [-0.3, -0.25) is 9.59 Å². The third-order valence-electron chi connectivity index (χ3n) is 6.98. The van der Waals surface area contributed by atoms with Crippen LogP contribution in [-0.4, -0.2) is 45.4 Å². The molecule has 5 rings (SSSR count). The summed E-state index contributed by atoms with van der Waals surface area (Å²) in [5.41, 5.74) is 3.14. The van der Waals surface area contributed by atoms with Gasteiger partial charge in [-0.2, -0.15) is 5.26 Å². The molecule has 0 radical (unpaired) electrons. The minimum atomic E-state index is -0.380. The summed E-state index contributed by atoms with van der Waals surface area (Å²) in [4.78, 5) is 32.2. The maximum atomic E-state index is 13.2. The van der Waals surface area contributed by atoms with Gasteiger partial charge in [0.15, 0.2) is 0 Å². The minimum Gasteiger partial charge on any atom is -0.349 e. The average Bonchev–Trinajstić information content (AvgIpc) is 3.74. The van der Waals surface area contributed by atoms with Crippen molar-refractivity contribution in [2.45, 2.75) is 43.7 Å². The molecule has 33 heavy (non-hydrogen) atoms. The highest BCUT2D eigenvalue weighted by atomic mass is 16.2. The second-order valence-corrected chi connectivity index (χ2v) is 9.47. The molecule has 3 aromatic rings. The van der Waals surface area contributed by atoms with Crippen LogP contribution < -0.4 is 5.32 Å². The molecular weight excluding hydrogens is 414 g/mol. The van der Waals surface area contributed by atoms with Crippen LogP contribution in [0.5, 0.6) is 0 Å². The van der Waals surface area contributed by atoms with Crippen molar-refractivity contribution in [1.82, 2.24) is 19.8 Å². The average molecular weight is 442 g/mol. The van der Waals surface area contributed by atoms with Gasteiger partial charge in [0.1, 0.15) is 6.04 Å². The molecule has 2 fully saturated rings. The zero-order valence-corrected chi connectivity index (χ0v) is 18.9. The number of nitrogens with one attached hydrogen (secondary N) is 1. The maximum absolute atomic E-state index is 13.2. The fraction of sp³-hybridized carbons (Fsp3) is 0.385. The summed E-state index contributed by atoms with van der Waals surface area (Å²) >= 11 is 0. The van der Waals surface area contributed by atoms with E-state index in [2.05, 4.69) is 16.4 Å². The second-order valence-electron chi connectivity index (χ2n) is 9.47. The molecule has 1 N–H and O–H groups in total. The lowest BCUT2D eigenvalue weighted by Gasteiger charge is -2.28. The molecule has 0 aliphatic heterocycles. The number of carbonyl (C=O) groups is 2. The van der Waals surface area contributed by atoms with Crippen LogP contribution in [-0.2, 0) is 9.59 Å². The van der Waals surface area contributed by atoms with E-state index in [1.807, 2.05) is 54.0 Å². The Labute approximate surface area is 193 Å². The number of aromatic nitrogens is 2. The normalized spacial score (nSPS) is 21.1. The molecule has 0 bridgehead atoms. The zero-order valence-electron chi connectivity index (χ0n) is 18.9. The molecule has 2 aromatic carbocycles. The van der Waals surface area contributed by atoms with Crippen LogP contribution in [0.3, 0.4) is 0 Å². The first-order valence-corrected chi connectivity index (χ1v) is 11.4. The molecule has 1 aromatic heterocycles. The Bertz CT molecular complexity index is 1270. The van der Waals surface area contributed by atoms with Gasteiger partial charge >= 0.3 is 0 Å². The number of hydrogen-bond donors (Lipinski definition) is 1. The Balaban J connectivity index is 1.20. The number of carbonyl (C=O) groups excluding carboxylic acids is 2. The van der Waals surface area contributed by atoms with Crippen LogP contribution in [0.2, 0.25) is 0 Å². The van der Waals surface area contributed by atoms with Gasteiger partial charge in [-0.15, -0.1) is 0 Å². The Morgan fingerprint density at radius 1 is 1.27 bits per heavy atom. The fourth-order valence-electron chi connectivity index (χ4n) is 4.78. The summed E-state index contributed by atoms with van der Waals surface area (Å²) in [5.74, 6) is 0.155. The van der Waals surface area contributed by atoms with Crippen LogP contribution >= 0.6 is 0 Å². The molecule has 2 aliphatic rings. The molecule has 2 aliphatic carbocycles. The quantitative estimate of drug-likeness (QED) is 0.609. The van der Waals surface area contributed by atoms with Gasteiger partial charge in [0.25, 0.3) is 0 Å². The largest absolute Gasteiger partial charge is 0.349 e. The third-order valence-corrected chi connectivity index (χ3v) is 6.98. The van der Waals surface area contributed by atoms with Crippen LogP contribution in [0.1, 0.15) is 49.3 Å². The Kier molecular flexibility index (Phi) is 5.16. The van der Waals surface area contributed by atoms with Crippen molar-refractivity contribution < 1.29 is 9.59 Å². The van der Waals surface area contributed by atoms with Gasteiger partial charge in [0.2, 0.25) is 11.8 Å². The van der Waals surface area contributed by atoms with Crippen molar-refractivity contribution >= 4 is 22.8 Å². The van der Waals surface area contributed by atoms with Crippen molar-refractivity contribution in [2.24, 2.45) is 5.92 Å². The number of hydrogen-bond acceptors (Lipinski definition) is 4. The molecule has 1 unspecified atom stereocenters. The van der Waals surface area contributed by atoms with Crippen molar-refractivity contribution in [3.05, 3.63) is 66.0 Å². The van der Waals surface area contributed by atoms with Crippen molar-refractivity contribution in [1.29, 1.82) is 5.26 Å². The van der Waals surface area contributed by atoms with Gasteiger partial charge in [0, 0.05) is 19.5 Å². The molecule has 168 valence electrons. The highest BCUT2D eigenvalue weighted by molar-refractivity contribution is 5.85. The lowest BCUT2D eigenvalue weighted by molar-refractivity contribution is -0.134. The topological polar surface area (TPSA) is 91.0 Å². The van der Waals surface area contributed by atoms with Crippen molar-refractivity contribution in [2.75, 3.05) is 13.6 Å². The Hall–Kier alpha value is -3.66. The zero-order chi connectivity index (χ0) is 23.2. The van der Waals surface area contributed by atoms with Crippen LogP contribution in [0.15, 0.2) is 54.9 Å². The van der Waals surface area contributed by atoms with E-state index >= 15 is 0 Å². The number of nitrogens with zero attached hydrogens (tertiary/aromatic N) is 4. The number of para-hydroxylation sites is 2. The van der Waals surface area contributed by atoms with E-state index in [1.165, 1.54) is 0 Å². The van der Waals surface area contributed by atoms with E-state index in [0.29, 0.717) is 12.1 Å². The summed E-state index contributed by atoms with van der Waals surface area (Å²) in [6, 6.07) is 17.1. The fourth-order valence-corrected chi connectivity index (χ4v) is 4.78. The molecule has 7 nitrogen and oxygen atoms in total. The summed E-state index contributed by atoms with van der Waals surface area (Å²) in [6.07, 6.45) is 4.26. The van der Waals surface area contributed by atoms with Crippen LogP contribution in [0.25, 0.3) is 11.0 Å². The predicted octanol–water partition coefficient (Wildman–Crippen LogP) is 3.38. The Morgan fingerprint density at radius 2 is 2.06 bits per heavy atom. The van der Waals surface area contributed by atoms with E-state index in [0.717, 1.165) is 35.9 Å². The lowest BCUT2D eigenvalue weighted by atomic mass is 10.1. The Morgan fingerprint density at radius 3 is 2.82 bits per heavy atom. The minimum absolute atomic E-state index is 0.00343. The molecule has 1 heterocycles. The van der Waals surface area contributed by atoms with E-state index in [-0.39, 0.29) is 35.2 Å². The molecule has 2 saturated carbocycles. The standard InChI is InChI=1S/C26H27N5O2/c1-17(31-16-28-22-8-3-4-9-23(22)31)25(33)30(2)15-26(10-11-26)29-24(32)21-13-20(21)19-7-5-6-18(12-19)14-27/h3-9,12,16-17,20-21H,10-11,13,15H2,1-2H3,(H,29,32)/t17?,20-,21+/m0/s1. The first kappa shape index (κ1) is 21.2. The van der Waals surface area contributed by atoms with E-state index in [9.17, 15) is 9.59 Å². The van der Waals surface area contributed by atoms with E-state index in [1.54, 1.807) is 24.3 Å². The maximum Gasteiger partial charge on any atom is 0.245 e. The number of benzene rings is 2. The third kappa shape index (κ3) is 4.09. The first-order valence-electron chi connectivity index (χ1n) is 11.4. The number of amides is 2. The molecule has 0 saturated heterocycles. The highest BCUT2D eigenvalue weighted by Crippen LogP contribution is 2.49. The van der Waals surface area contributed by atoms with Gasteiger partial charge < -0.3 is 14.8 Å². The molecule has 3 atom stereocenters. The van der Waals surface area contributed by atoms with Gasteiger partial charge in [-0.25, -0.2) is 4.98 Å². The summed E-state index contributed by atoms with van der Waals surface area (Å²) in [7, 11) is 1.80. The molecular formula is C26H27N5O2. The molecule has 7 heteroatoms. The summed E-state index contributed by atoms with van der Waals surface area (Å²) in [6.45, 7) is 2.38. The van der Waals surface area contributed by atoms with Crippen LogP contribution in [0, 0.1) is 17.2 Å². The summed E-state index contributed by atoms with van der Waals surface area (Å²) in [5, 5.41) is 12.3. The first-order chi connectivity index (χ1) is 15.9. The van der Waals surface area contributed by atoms with E-state index < -0.39 is 0 Å². The smallest absolute Gasteiger partial charge is 0.245 e. The summed E-state index contributed by atoms with van der Waals surface area (Å²) < 4.78 is 1.90. The number of nitriles is 1. The van der Waals surface area contributed by atoms with Crippen LogP contribution in [0.4, 0.5) is 0 Å². The number of fused-ring (bicyclic) bond motifs is 1. The second kappa shape index (κ2) is 8.04.